The van der Waals surface area contributed by atoms with Crippen LogP contribution in [0.3, 0.4) is 0 Å². The molecular weight excluding hydrogens is 252 g/mol. The van der Waals surface area contributed by atoms with Crippen LogP contribution < -0.4 is 11.1 Å². The van der Waals surface area contributed by atoms with Crippen LogP contribution in [0, 0.1) is 0 Å². The highest BCUT2D eigenvalue weighted by atomic mass is 16.4. The van der Waals surface area contributed by atoms with Crippen LogP contribution in [-0.4, -0.2) is 4.57 Å². The minimum atomic E-state index is -0.325. The van der Waals surface area contributed by atoms with Crippen LogP contribution in [0.1, 0.15) is 11.1 Å². The lowest BCUT2D eigenvalue weighted by Crippen LogP contribution is -2.12. The first-order valence-corrected chi connectivity index (χ1v) is 6.57. The third-order valence-electron chi connectivity index (χ3n) is 3.36. The van der Waals surface area contributed by atoms with Crippen molar-refractivity contribution in [2.45, 2.75) is 13.1 Å². The number of oxazole rings is 1. The zero-order valence-electron chi connectivity index (χ0n) is 11.3. The van der Waals surface area contributed by atoms with Gasteiger partial charge in [0, 0.05) is 20.1 Å². The number of benzene rings is 2. The number of nitrogens with zero attached hydrogens (tertiary/aromatic N) is 1. The van der Waals surface area contributed by atoms with Crippen molar-refractivity contribution in [1.82, 2.24) is 9.88 Å². The van der Waals surface area contributed by atoms with Gasteiger partial charge in [0.2, 0.25) is 0 Å². The van der Waals surface area contributed by atoms with Gasteiger partial charge in [0.1, 0.15) is 0 Å². The summed E-state index contributed by atoms with van der Waals surface area (Å²) in [7, 11) is 1.71. The first kappa shape index (κ1) is 12.7. The van der Waals surface area contributed by atoms with Crippen molar-refractivity contribution in [3.8, 4) is 0 Å². The minimum Gasteiger partial charge on any atom is -0.408 e. The largest absolute Gasteiger partial charge is 0.419 e. The molecule has 2 aromatic carbocycles. The molecule has 0 aliphatic carbocycles. The second-order valence-corrected chi connectivity index (χ2v) is 4.82. The smallest absolute Gasteiger partial charge is 0.408 e. The second kappa shape index (κ2) is 5.35. The first-order valence-electron chi connectivity index (χ1n) is 6.57. The Hall–Kier alpha value is -2.33. The van der Waals surface area contributed by atoms with E-state index in [0.717, 1.165) is 24.2 Å². The van der Waals surface area contributed by atoms with E-state index in [2.05, 4.69) is 17.4 Å². The molecule has 20 heavy (non-hydrogen) atoms. The predicted molar refractivity (Wildman–Crippen MR) is 78.4 cm³/mol. The van der Waals surface area contributed by atoms with Crippen molar-refractivity contribution in [2.75, 3.05) is 0 Å². The van der Waals surface area contributed by atoms with E-state index in [1.54, 1.807) is 7.05 Å². The highest BCUT2D eigenvalue weighted by Crippen LogP contribution is 2.14. The quantitative estimate of drug-likeness (QED) is 0.790. The van der Waals surface area contributed by atoms with Gasteiger partial charge in [-0.15, -0.1) is 0 Å². The summed E-state index contributed by atoms with van der Waals surface area (Å²) in [5.41, 5.74) is 3.81. The fraction of sp³-hybridized carbons (Fsp3) is 0.188. The van der Waals surface area contributed by atoms with Gasteiger partial charge in [0.05, 0.1) is 5.52 Å². The molecule has 0 aliphatic rings. The van der Waals surface area contributed by atoms with Crippen LogP contribution >= 0.6 is 0 Å². The van der Waals surface area contributed by atoms with Gasteiger partial charge in [-0.05, 0) is 23.3 Å². The molecule has 1 aromatic heterocycles. The van der Waals surface area contributed by atoms with E-state index in [4.69, 9.17) is 4.42 Å². The van der Waals surface area contributed by atoms with Crippen LogP contribution in [0.2, 0.25) is 0 Å². The Morgan fingerprint density at radius 2 is 1.80 bits per heavy atom. The molecule has 0 bridgehead atoms. The van der Waals surface area contributed by atoms with E-state index in [1.807, 2.05) is 36.4 Å². The first-order chi connectivity index (χ1) is 9.74. The zero-order valence-corrected chi connectivity index (χ0v) is 11.3. The number of rotatable bonds is 4. The molecule has 3 rings (SSSR count). The summed E-state index contributed by atoms with van der Waals surface area (Å²) in [5, 5.41) is 3.38. The maximum atomic E-state index is 11.4. The normalized spacial score (nSPS) is 11.1. The summed E-state index contributed by atoms with van der Waals surface area (Å²) in [6, 6.07) is 16.1. The van der Waals surface area contributed by atoms with Gasteiger partial charge in [-0.25, -0.2) is 4.79 Å². The van der Waals surface area contributed by atoms with Gasteiger partial charge in [0.15, 0.2) is 5.58 Å². The average molecular weight is 268 g/mol. The predicted octanol–water partition coefficient (Wildman–Crippen LogP) is 2.42. The van der Waals surface area contributed by atoms with Crippen molar-refractivity contribution in [1.29, 1.82) is 0 Å². The van der Waals surface area contributed by atoms with Crippen LogP contribution in [0.5, 0.6) is 0 Å². The molecule has 1 N–H and O–H groups in total. The van der Waals surface area contributed by atoms with Gasteiger partial charge in [-0.1, -0.05) is 36.4 Å². The lowest BCUT2D eigenvalue weighted by atomic mass is 10.2. The van der Waals surface area contributed by atoms with Gasteiger partial charge < -0.3 is 9.73 Å². The molecule has 0 unspecified atom stereocenters. The lowest BCUT2D eigenvalue weighted by Gasteiger charge is -2.05. The molecule has 4 heteroatoms. The average Bonchev–Trinajstić information content (AvgIpc) is 2.75. The SMILES string of the molecule is Cn1c(=O)oc2cc(CNCc3ccccc3)ccc21. The van der Waals surface area contributed by atoms with Crippen molar-refractivity contribution in [3.63, 3.8) is 0 Å². The Balaban J connectivity index is 1.70. The topological polar surface area (TPSA) is 47.2 Å². The monoisotopic (exact) mass is 268 g/mol. The van der Waals surface area contributed by atoms with Crippen LogP contribution in [-0.2, 0) is 20.1 Å². The van der Waals surface area contributed by atoms with Crippen molar-refractivity contribution in [2.24, 2.45) is 7.05 Å². The van der Waals surface area contributed by atoms with E-state index in [-0.39, 0.29) is 5.76 Å². The zero-order chi connectivity index (χ0) is 13.9. The molecule has 0 aliphatic heterocycles. The molecule has 3 aromatic rings. The number of hydrogen-bond donors (Lipinski definition) is 1. The third-order valence-corrected chi connectivity index (χ3v) is 3.36. The number of aromatic nitrogens is 1. The molecule has 0 radical (unpaired) electrons. The second-order valence-electron chi connectivity index (χ2n) is 4.82. The van der Waals surface area contributed by atoms with Crippen molar-refractivity contribution in [3.05, 3.63) is 70.2 Å². The van der Waals surface area contributed by atoms with Gasteiger partial charge in [-0.2, -0.15) is 0 Å². The Labute approximate surface area is 116 Å². The molecular formula is C16H16N2O2. The maximum Gasteiger partial charge on any atom is 0.419 e. The molecule has 0 saturated heterocycles. The number of aryl methyl sites for hydroxylation is 1. The minimum absolute atomic E-state index is 0.325. The molecule has 4 nitrogen and oxygen atoms in total. The summed E-state index contributed by atoms with van der Waals surface area (Å²) < 4.78 is 6.69. The number of hydrogen-bond acceptors (Lipinski definition) is 3. The highest BCUT2D eigenvalue weighted by molar-refractivity contribution is 5.73. The van der Waals surface area contributed by atoms with E-state index in [1.165, 1.54) is 10.1 Å². The van der Waals surface area contributed by atoms with Crippen molar-refractivity contribution < 1.29 is 4.42 Å². The van der Waals surface area contributed by atoms with Crippen molar-refractivity contribution >= 4 is 11.1 Å². The molecule has 102 valence electrons. The van der Waals surface area contributed by atoms with Gasteiger partial charge >= 0.3 is 5.76 Å². The Bertz CT molecular complexity index is 772. The van der Waals surface area contributed by atoms with E-state index < -0.39 is 0 Å². The van der Waals surface area contributed by atoms with Gasteiger partial charge in [0.25, 0.3) is 0 Å². The third kappa shape index (κ3) is 2.51. The Morgan fingerprint density at radius 1 is 1.05 bits per heavy atom. The molecule has 1 heterocycles. The Kier molecular flexibility index (Phi) is 3.39. The number of nitrogens with one attached hydrogen (secondary N) is 1. The summed E-state index contributed by atoms with van der Waals surface area (Å²) in [5.74, 6) is -0.325. The summed E-state index contributed by atoms with van der Waals surface area (Å²) >= 11 is 0. The Morgan fingerprint density at radius 3 is 2.60 bits per heavy atom. The molecule has 0 fully saturated rings. The molecule has 0 amide bonds. The van der Waals surface area contributed by atoms with E-state index in [0.29, 0.717) is 5.58 Å². The molecule has 0 saturated carbocycles. The lowest BCUT2D eigenvalue weighted by molar-refractivity contribution is 0.527. The summed E-state index contributed by atoms with van der Waals surface area (Å²) in [6.45, 7) is 1.56. The summed E-state index contributed by atoms with van der Waals surface area (Å²) in [6.07, 6.45) is 0. The molecule has 0 atom stereocenters. The number of fused-ring (bicyclic) bond motifs is 1. The van der Waals surface area contributed by atoms with Crippen LogP contribution in [0.15, 0.2) is 57.7 Å². The fourth-order valence-electron chi connectivity index (χ4n) is 2.24. The fourth-order valence-corrected chi connectivity index (χ4v) is 2.24. The van der Waals surface area contributed by atoms with Gasteiger partial charge in [-0.3, -0.25) is 4.57 Å². The van der Waals surface area contributed by atoms with E-state index in [9.17, 15) is 4.79 Å². The maximum absolute atomic E-state index is 11.4. The summed E-state index contributed by atoms with van der Waals surface area (Å²) in [4.78, 5) is 11.4. The van der Waals surface area contributed by atoms with Crippen LogP contribution in [0.25, 0.3) is 11.1 Å². The highest BCUT2D eigenvalue weighted by Gasteiger charge is 2.06. The van der Waals surface area contributed by atoms with Crippen LogP contribution in [0.4, 0.5) is 0 Å². The standard InChI is InChI=1S/C16H16N2O2/c1-18-14-8-7-13(9-15(14)20-16(18)19)11-17-10-12-5-3-2-4-6-12/h2-9,17H,10-11H2,1H3. The molecule has 0 spiro atoms. The van der Waals surface area contributed by atoms with E-state index >= 15 is 0 Å².